The monoisotopic (exact) mass is 357 g/mol. The van der Waals surface area contributed by atoms with Gasteiger partial charge in [0.2, 0.25) is 5.91 Å². The predicted octanol–water partition coefficient (Wildman–Crippen LogP) is 4.40. The van der Waals surface area contributed by atoms with Crippen molar-refractivity contribution in [2.45, 2.75) is 26.7 Å². The lowest BCUT2D eigenvalue weighted by Gasteiger charge is -2.22. The third-order valence-corrected chi connectivity index (χ3v) is 4.33. The summed E-state index contributed by atoms with van der Waals surface area (Å²) in [7, 11) is 4.77. The lowest BCUT2D eigenvalue weighted by atomic mass is 9.87. The second kappa shape index (κ2) is 8.61. The number of rotatable bonds is 7. The molecule has 5 nitrogen and oxygen atoms in total. The van der Waals surface area contributed by atoms with Crippen molar-refractivity contribution in [3.05, 3.63) is 47.5 Å². The molecule has 0 bridgehead atoms. The highest BCUT2D eigenvalue weighted by Crippen LogP contribution is 2.35. The number of aryl methyl sites for hydroxylation is 1. The summed E-state index contributed by atoms with van der Waals surface area (Å²) in [5, 5.41) is 3.01. The van der Waals surface area contributed by atoms with Gasteiger partial charge in [0.1, 0.15) is 5.75 Å². The van der Waals surface area contributed by atoms with Gasteiger partial charge in [-0.1, -0.05) is 26.0 Å². The topological polar surface area (TPSA) is 56.8 Å². The van der Waals surface area contributed by atoms with Crippen molar-refractivity contribution < 1.29 is 19.0 Å². The fourth-order valence-electron chi connectivity index (χ4n) is 3.02. The maximum absolute atomic E-state index is 13.0. The predicted molar refractivity (Wildman–Crippen MR) is 103 cm³/mol. The number of ether oxygens (including phenoxy) is 3. The van der Waals surface area contributed by atoms with Gasteiger partial charge in [-0.05, 0) is 48.2 Å². The first-order chi connectivity index (χ1) is 12.4. The van der Waals surface area contributed by atoms with Crippen LogP contribution in [-0.4, -0.2) is 27.2 Å². The highest BCUT2D eigenvalue weighted by Gasteiger charge is 2.26. The molecule has 1 amide bonds. The van der Waals surface area contributed by atoms with E-state index < -0.39 is 0 Å². The van der Waals surface area contributed by atoms with Crippen LogP contribution in [0.25, 0.3) is 0 Å². The van der Waals surface area contributed by atoms with Gasteiger partial charge in [-0.15, -0.1) is 0 Å². The van der Waals surface area contributed by atoms with Crippen molar-refractivity contribution in [1.29, 1.82) is 0 Å². The lowest BCUT2D eigenvalue weighted by Crippen LogP contribution is -2.25. The number of benzene rings is 2. The molecule has 0 radical (unpaired) electrons. The maximum Gasteiger partial charge on any atom is 0.232 e. The second-order valence-corrected chi connectivity index (χ2v) is 6.53. The van der Waals surface area contributed by atoms with Crippen LogP contribution in [-0.2, 0) is 4.79 Å². The summed E-state index contributed by atoms with van der Waals surface area (Å²) < 4.78 is 16.0. The average molecular weight is 357 g/mol. The number of nitrogens with one attached hydrogen (secondary N) is 1. The van der Waals surface area contributed by atoms with E-state index in [1.165, 1.54) is 0 Å². The summed E-state index contributed by atoms with van der Waals surface area (Å²) in [4.78, 5) is 13.0. The minimum absolute atomic E-state index is 0.0869. The van der Waals surface area contributed by atoms with Crippen LogP contribution < -0.4 is 19.5 Å². The van der Waals surface area contributed by atoms with Gasteiger partial charge in [0, 0.05) is 0 Å². The number of methoxy groups -OCH3 is 3. The van der Waals surface area contributed by atoms with Gasteiger partial charge in [0.05, 0.1) is 32.9 Å². The van der Waals surface area contributed by atoms with E-state index in [2.05, 4.69) is 5.32 Å². The molecular formula is C21H27NO4. The first-order valence-electron chi connectivity index (χ1n) is 8.58. The van der Waals surface area contributed by atoms with Crippen molar-refractivity contribution in [3.63, 3.8) is 0 Å². The smallest absolute Gasteiger partial charge is 0.232 e. The number of carbonyl (C=O) groups excluding carboxylic acids is 1. The zero-order valence-corrected chi connectivity index (χ0v) is 16.3. The Morgan fingerprint density at radius 2 is 1.50 bits per heavy atom. The molecule has 2 rings (SSSR count). The Hall–Kier alpha value is -2.69. The molecule has 0 saturated heterocycles. The number of amides is 1. The van der Waals surface area contributed by atoms with E-state index in [-0.39, 0.29) is 17.7 Å². The van der Waals surface area contributed by atoms with E-state index in [0.717, 1.165) is 11.1 Å². The molecular weight excluding hydrogens is 330 g/mol. The van der Waals surface area contributed by atoms with Crippen LogP contribution in [0.4, 0.5) is 5.69 Å². The molecule has 0 aliphatic carbocycles. The lowest BCUT2D eigenvalue weighted by molar-refractivity contribution is -0.118. The Kier molecular flexibility index (Phi) is 6.50. The van der Waals surface area contributed by atoms with Crippen molar-refractivity contribution >= 4 is 11.6 Å². The quantitative estimate of drug-likeness (QED) is 0.798. The highest BCUT2D eigenvalue weighted by molar-refractivity contribution is 5.97. The Bertz CT molecular complexity index is 771. The third-order valence-electron chi connectivity index (χ3n) is 4.33. The highest BCUT2D eigenvalue weighted by atomic mass is 16.5. The molecule has 1 unspecified atom stereocenters. The Morgan fingerprint density at radius 3 is 2.08 bits per heavy atom. The summed E-state index contributed by atoms with van der Waals surface area (Å²) in [6.45, 7) is 6.02. The standard InChI is InChI=1S/C21H27NO4/c1-13(2)20(15-8-10-18(25-5)19(12-15)26-6)21(23)22-16-11-14(3)7-9-17(16)24-4/h7-13,20H,1-6H3,(H,22,23). The van der Waals surface area contributed by atoms with Crippen LogP contribution in [0.1, 0.15) is 30.9 Å². The molecule has 0 aliphatic heterocycles. The molecule has 1 N–H and O–H groups in total. The fraction of sp³-hybridized carbons (Fsp3) is 0.381. The van der Waals surface area contributed by atoms with Crippen LogP contribution in [0.3, 0.4) is 0 Å². The van der Waals surface area contributed by atoms with E-state index in [1.54, 1.807) is 21.3 Å². The molecule has 2 aromatic rings. The molecule has 5 heteroatoms. The summed E-state index contributed by atoms with van der Waals surface area (Å²) in [6, 6.07) is 11.3. The number of hydrogen-bond donors (Lipinski definition) is 1. The molecule has 0 fully saturated rings. The number of anilines is 1. The normalized spacial score (nSPS) is 11.8. The average Bonchev–Trinajstić information content (AvgIpc) is 2.61. The summed E-state index contributed by atoms with van der Waals surface area (Å²) in [6.07, 6.45) is 0. The molecule has 2 aromatic carbocycles. The van der Waals surface area contributed by atoms with E-state index >= 15 is 0 Å². The van der Waals surface area contributed by atoms with Crippen molar-refractivity contribution in [1.82, 2.24) is 0 Å². The van der Waals surface area contributed by atoms with Crippen molar-refractivity contribution in [3.8, 4) is 17.2 Å². The Balaban J connectivity index is 2.36. The van der Waals surface area contributed by atoms with Gasteiger partial charge >= 0.3 is 0 Å². The maximum atomic E-state index is 13.0. The van der Waals surface area contributed by atoms with Crippen LogP contribution >= 0.6 is 0 Å². The van der Waals surface area contributed by atoms with Crippen molar-refractivity contribution in [2.75, 3.05) is 26.6 Å². The molecule has 0 aliphatic rings. The summed E-state index contributed by atoms with van der Waals surface area (Å²) in [5.74, 6) is 1.56. The molecule has 0 heterocycles. The van der Waals surface area contributed by atoms with Gasteiger partial charge in [-0.2, -0.15) is 0 Å². The second-order valence-electron chi connectivity index (χ2n) is 6.53. The number of hydrogen-bond acceptors (Lipinski definition) is 4. The molecule has 0 saturated carbocycles. The minimum atomic E-state index is -0.333. The first-order valence-corrected chi connectivity index (χ1v) is 8.58. The van der Waals surface area contributed by atoms with Gasteiger partial charge < -0.3 is 19.5 Å². The Labute approximate surface area is 155 Å². The number of carbonyl (C=O) groups is 1. The van der Waals surface area contributed by atoms with E-state index in [9.17, 15) is 4.79 Å². The molecule has 0 aromatic heterocycles. The molecule has 0 spiro atoms. The van der Waals surface area contributed by atoms with Gasteiger partial charge in [-0.25, -0.2) is 0 Å². The van der Waals surface area contributed by atoms with Gasteiger partial charge in [0.25, 0.3) is 0 Å². The van der Waals surface area contributed by atoms with Crippen LogP contribution in [0.2, 0.25) is 0 Å². The molecule has 140 valence electrons. The molecule has 26 heavy (non-hydrogen) atoms. The summed E-state index contributed by atoms with van der Waals surface area (Å²) in [5.41, 5.74) is 2.60. The van der Waals surface area contributed by atoms with Crippen LogP contribution in [0.5, 0.6) is 17.2 Å². The van der Waals surface area contributed by atoms with Gasteiger partial charge in [0.15, 0.2) is 11.5 Å². The SMILES string of the molecule is COc1ccc(C)cc1NC(=O)C(c1ccc(OC)c(OC)c1)C(C)C. The van der Waals surface area contributed by atoms with E-state index in [1.807, 2.05) is 57.2 Å². The zero-order valence-electron chi connectivity index (χ0n) is 16.3. The fourth-order valence-corrected chi connectivity index (χ4v) is 3.02. The zero-order chi connectivity index (χ0) is 19.3. The van der Waals surface area contributed by atoms with Crippen LogP contribution in [0, 0.1) is 12.8 Å². The molecule has 1 atom stereocenters. The summed E-state index contributed by atoms with van der Waals surface area (Å²) >= 11 is 0. The third kappa shape index (κ3) is 4.28. The van der Waals surface area contributed by atoms with E-state index in [4.69, 9.17) is 14.2 Å². The van der Waals surface area contributed by atoms with Gasteiger partial charge in [-0.3, -0.25) is 4.79 Å². The first kappa shape index (κ1) is 19.6. The van der Waals surface area contributed by atoms with Crippen molar-refractivity contribution in [2.24, 2.45) is 5.92 Å². The Morgan fingerprint density at radius 1 is 0.885 bits per heavy atom. The van der Waals surface area contributed by atoms with Crippen LogP contribution in [0.15, 0.2) is 36.4 Å². The largest absolute Gasteiger partial charge is 0.495 e. The minimum Gasteiger partial charge on any atom is -0.495 e. The van der Waals surface area contributed by atoms with E-state index in [0.29, 0.717) is 22.9 Å².